The maximum absolute atomic E-state index is 16.8. The van der Waals surface area contributed by atoms with Crippen molar-refractivity contribution in [3.8, 4) is 50.6 Å². The van der Waals surface area contributed by atoms with Gasteiger partial charge in [0.15, 0.2) is 0 Å². The fraction of sp³-hybridized carbons (Fsp3) is 0.0455. The molecule has 2 aliphatic rings. The molecule has 10 rings (SSSR count). The highest BCUT2D eigenvalue weighted by molar-refractivity contribution is 8.21. The molecule has 0 unspecified atom stereocenters. The van der Waals surface area contributed by atoms with Gasteiger partial charge in [-0.2, -0.15) is 0 Å². The van der Waals surface area contributed by atoms with Crippen LogP contribution in [-0.4, -0.2) is 23.0 Å². The van der Waals surface area contributed by atoms with E-state index in [9.17, 15) is 0 Å². The number of rotatable bonds is 4. The molecule has 0 saturated carbocycles. The van der Waals surface area contributed by atoms with Crippen molar-refractivity contribution in [3.63, 3.8) is 0 Å². The number of hydrogen-bond donors (Lipinski definition) is 0. The molecule has 0 radical (unpaired) electrons. The van der Waals surface area contributed by atoms with Crippen LogP contribution in [-0.2, 0) is 9.07 Å². The van der Waals surface area contributed by atoms with Gasteiger partial charge < -0.3 is 14.0 Å². The largest absolute Gasteiger partial charge is 0.497 e. The van der Waals surface area contributed by atoms with E-state index in [1.807, 2.05) is 42.5 Å². The van der Waals surface area contributed by atoms with E-state index in [2.05, 4.69) is 114 Å². The Morgan fingerprint density at radius 2 is 0.898 bits per heavy atom. The highest BCUT2D eigenvalue weighted by Gasteiger charge is 2.57. The van der Waals surface area contributed by atoms with Gasteiger partial charge in [0.05, 0.1) is 30.9 Å². The summed E-state index contributed by atoms with van der Waals surface area (Å²) in [5.41, 5.74) is 9.49. The van der Waals surface area contributed by atoms with Gasteiger partial charge in [0.25, 0.3) is 0 Å². The summed E-state index contributed by atoms with van der Waals surface area (Å²) in [6.45, 7) is 0. The number of ether oxygens (including phenoxy) is 2. The molecule has 0 saturated heterocycles. The Labute approximate surface area is 284 Å². The first-order valence-corrected chi connectivity index (χ1v) is 18.4. The van der Waals surface area contributed by atoms with Gasteiger partial charge in [-0.25, -0.2) is 0 Å². The van der Waals surface area contributed by atoms with Crippen LogP contribution < -0.4 is 9.47 Å². The van der Waals surface area contributed by atoms with Gasteiger partial charge in [0, 0.05) is 45.0 Å². The molecule has 3 heterocycles. The summed E-state index contributed by atoms with van der Waals surface area (Å²) < 4.78 is 30.3. The Bertz CT molecular complexity index is 2660. The highest BCUT2D eigenvalue weighted by atomic mass is 32.3. The van der Waals surface area contributed by atoms with Crippen molar-refractivity contribution in [2.75, 3.05) is 14.2 Å². The number of nitrogens with zero attached hydrogens (tertiary/aromatic N) is 1. The van der Waals surface area contributed by atoms with E-state index in [-0.39, 0.29) is 0 Å². The molecule has 49 heavy (non-hydrogen) atoms. The molecule has 0 bridgehead atoms. The van der Waals surface area contributed by atoms with Gasteiger partial charge in [-0.05, 0) is 101 Å². The number of benzene rings is 7. The fourth-order valence-electron chi connectivity index (χ4n) is 8.45. The molecule has 0 fully saturated rings. The Morgan fingerprint density at radius 1 is 0.449 bits per heavy atom. The second-order valence-corrected chi connectivity index (χ2v) is 16.4. The Kier molecular flexibility index (Phi) is 5.64. The third-order valence-corrected chi connectivity index (χ3v) is 15.3. The first-order chi connectivity index (χ1) is 24.0. The number of para-hydroxylation sites is 1. The summed E-state index contributed by atoms with van der Waals surface area (Å²) in [7, 11) is -0.485. The molecule has 8 aromatic rings. The molecule has 5 heteroatoms. The summed E-state index contributed by atoms with van der Waals surface area (Å²) >= 11 is 0. The molecular formula is C44H31NO3S. The molecular weight excluding hydrogens is 623 g/mol. The predicted molar refractivity (Wildman–Crippen MR) is 198 cm³/mol. The van der Waals surface area contributed by atoms with Crippen molar-refractivity contribution in [2.45, 2.75) is 19.6 Å². The van der Waals surface area contributed by atoms with Crippen LogP contribution in [0.1, 0.15) is 0 Å². The summed E-state index contributed by atoms with van der Waals surface area (Å²) in [5, 5.41) is 2.17. The second kappa shape index (κ2) is 9.82. The smallest absolute Gasteiger partial charge is 0.119 e. The molecule has 0 aliphatic carbocycles. The van der Waals surface area contributed by atoms with Crippen molar-refractivity contribution >= 4 is 30.9 Å². The summed E-state index contributed by atoms with van der Waals surface area (Å²) in [6.07, 6.45) is 0. The molecule has 0 amide bonds. The third kappa shape index (κ3) is 3.40. The van der Waals surface area contributed by atoms with E-state index >= 15 is 4.21 Å². The first-order valence-electron chi connectivity index (χ1n) is 16.4. The minimum atomic E-state index is -3.88. The van der Waals surface area contributed by atoms with Crippen LogP contribution in [0, 0.1) is 0 Å². The van der Waals surface area contributed by atoms with Crippen molar-refractivity contribution in [1.29, 1.82) is 0 Å². The van der Waals surface area contributed by atoms with Crippen LogP contribution in [0.5, 0.6) is 11.5 Å². The topological polar surface area (TPSA) is 40.5 Å². The SMILES string of the molecule is COc1ccc2c(c1)c1cc(OC)ccc1n2-c1ccccc1-c1ccc2c(c1)-c1ccccc1S21(=O)c2ccccc2-c2ccccc21. The normalized spacial score (nSPS) is 15.3. The minimum Gasteiger partial charge on any atom is -0.497 e. The summed E-state index contributed by atoms with van der Waals surface area (Å²) in [4.78, 5) is 3.57. The molecule has 1 spiro atoms. The van der Waals surface area contributed by atoms with E-state index < -0.39 is 9.07 Å². The van der Waals surface area contributed by atoms with Crippen molar-refractivity contribution in [1.82, 2.24) is 4.57 Å². The lowest BCUT2D eigenvalue weighted by Gasteiger charge is -2.38. The lowest BCUT2D eigenvalue weighted by Crippen LogP contribution is -2.29. The third-order valence-electron chi connectivity index (χ3n) is 10.5. The zero-order chi connectivity index (χ0) is 32.9. The van der Waals surface area contributed by atoms with E-state index in [1.54, 1.807) is 14.2 Å². The van der Waals surface area contributed by atoms with Gasteiger partial charge in [-0.15, -0.1) is 0 Å². The van der Waals surface area contributed by atoms with Crippen molar-refractivity contribution in [2.24, 2.45) is 0 Å². The standard InChI is InChI=1S/C44H31NO3S/c1-47-29-20-22-39-35(26-29)36-27-30(48-2)21-23-40(36)45(39)38-15-7-3-11-31(38)28-19-24-44-37(25-28)34-14-6-10-18-43(34)49(44,46)41-16-8-4-12-32(41)33-13-5-9-17-42(33)49/h3-27H,1-2H3. The summed E-state index contributed by atoms with van der Waals surface area (Å²) in [6, 6.07) is 52.4. The van der Waals surface area contributed by atoms with E-state index in [4.69, 9.17) is 9.47 Å². The van der Waals surface area contributed by atoms with Crippen LogP contribution in [0.2, 0.25) is 0 Å². The Morgan fingerprint density at radius 3 is 1.43 bits per heavy atom. The zero-order valence-corrected chi connectivity index (χ0v) is 27.8. The fourth-order valence-corrected chi connectivity index (χ4v) is 13.6. The second-order valence-electron chi connectivity index (χ2n) is 12.8. The van der Waals surface area contributed by atoms with Crippen LogP contribution >= 0.6 is 0 Å². The van der Waals surface area contributed by atoms with Crippen LogP contribution in [0.4, 0.5) is 0 Å². The molecule has 0 atom stereocenters. The maximum Gasteiger partial charge on any atom is 0.119 e. The lowest BCUT2D eigenvalue weighted by molar-refractivity contribution is 0.415. The monoisotopic (exact) mass is 653 g/mol. The van der Waals surface area contributed by atoms with Crippen LogP contribution in [0.15, 0.2) is 171 Å². The number of hydrogen-bond acceptors (Lipinski definition) is 3. The van der Waals surface area contributed by atoms with Gasteiger partial charge in [0.1, 0.15) is 11.5 Å². The number of methoxy groups -OCH3 is 2. The molecule has 0 N–H and O–H groups in total. The molecule has 7 aromatic carbocycles. The maximum atomic E-state index is 16.8. The number of fused-ring (bicyclic) bond motifs is 13. The molecule has 1 aromatic heterocycles. The van der Waals surface area contributed by atoms with E-state index in [1.165, 1.54) is 0 Å². The quantitative estimate of drug-likeness (QED) is 0.190. The zero-order valence-electron chi connectivity index (χ0n) is 27.0. The predicted octanol–water partition coefficient (Wildman–Crippen LogP) is 10.8. The van der Waals surface area contributed by atoms with Crippen LogP contribution in [0.3, 0.4) is 0 Å². The summed E-state index contributed by atoms with van der Waals surface area (Å²) in [5.74, 6) is 1.61. The first kappa shape index (κ1) is 28.1. The van der Waals surface area contributed by atoms with Gasteiger partial charge in [0.2, 0.25) is 0 Å². The van der Waals surface area contributed by atoms with E-state index in [0.717, 1.165) is 92.0 Å². The highest BCUT2D eigenvalue weighted by Crippen LogP contribution is 2.71. The van der Waals surface area contributed by atoms with Crippen molar-refractivity contribution in [3.05, 3.63) is 152 Å². The molecule has 2 aliphatic heterocycles. The Balaban J connectivity index is 1.25. The minimum absolute atomic E-state index is 0.804. The van der Waals surface area contributed by atoms with Crippen LogP contribution in [0.25, 0.3) is 60.9 Å². The average molecular weight is 654 g/mol. The molecule has 4 nitrogen and oxygen atoms in total. The average Bonchev–Trinajstić information content (AvgIpc) is 3.71. The lowest BCUT2D eigenvalue weighted by atomic mass is 9.98. The van der Waals surface area contributed by atoms with Gasteiger partial charge >= 0.3 is 0 Å². The number of aromatic nitrogens is 1. The van der Waals surface area contributed by atoms with Gasteiger partial charge in [-0.3, -0.25) is 4.21 Å². The van der Waals surface area contributed by atoms with E-state index in [0.29, 0.717) is 0 Å². The van der Waals surface area contributed by atoms with Gasteiger partial charge in [-0.1, -0.05) is 78.9 Å². The van der Waals surface area contributed by atoms with Crippen molar-refractivity contribution < 1.29 is 13.7 Å². The Hall–Kier alpha value is -5.91. The molecule has 236 valence electrons.